The lowest BCUT2D eigenvalue weighted by atomic mass is 10.3. The van der Waals surface area contributed by atoms with Crippen LogP contribution in [0.25, 0.3) is 17.1 Å². The average Bonchev–Trinajstić information content (AvgIpc) is 2.98. The van der Waals surface area contributed by atoms with Gasteiger partial charge in [0.15, 0.2) is 5.82 Å². The molecule has 1 N–H and O–H groups in total. The Morgan fingerprint density at radius 3 is 2.76 bits per heavy atom. The Balaban J connectivity index is 2.01. The van der Waals surface area contributed by atoms with E-state index in [0.717, 1.165) is 5.69 Å². The van der Waals surface area contributed by atoms with Gasteiger partial charge in [0.05, 0.1) is 17.4 Å². The van der Waals surface area contributed by atoms with Crippen molar-refractivity contribution >= 4 is 0 Å². The molecule has 0 unspecified atom stereocenters. The van der Waals surface area contributed by atoms with E-state index in [1.54, 1.807) is 17.1 Å². The van der Waals surface area contributed by atoms with E-state index in [-0.39, 0.29) is 0 Å². The quantitative estimate of drug-likeness (QED) is 0.715. The minimum atomic E-state index is -0.576. The molecule has 0 fully saturated rings. The molecular formula is C11H8N4O2. The van der Waals surface area contributed by atoms with Gasteiger partial charge in [-0.05, 0) is 12.1 Å². The van der Waals surface area contributed by atoms with Gasteiger partial charge < -0.3 is 0 Å². The van der Waals surface area contributed by atoms with Gasteiger partial charge in [-0.3, -0.25) is 9.51 Å². The van der Waals surface area contributed by atoms with Crippen molar-refractivity contribution in [3.05, 3.63) is 53.3 Å². The number of hydrogen-bond donors (Lipinski definition) is 1. The predicted molar refractivity (Wildman–Crippen MR) is 59.7 cm³/mol. The van der Waals surface area contributed by atoms with Crippen molar-refractivity contribution in [1.82, 2.24) is 19.9 Å². The summed E-state index contributed by atoms with van der Waals surface area (Å²) in [6.07, 6.45) is 3.38. The molecule has 3 rings (SSSR count). The van der Waals surface area contributed by atoms with Gasteiger partial charge in [0.2, 0.25) is 0 Å². The molecule has 2 aromatic heterocycles. The molecule has 0 radical (unpaired) electrons. The molecule has 84 valence electrons. The first-order chi connectivity index (χ1) is 8.33. The highest BCUT2D eigenvalue weighted by Crippen LogP contribution is 2.14. The number of aromatic amines is 1. The third kappa shape index (κ3) is 1.76. The van der Waals surface area contributed by atoms with Crippen molar-refractivity contribution < 1.29 is 4.52 Å². The molecule has 17 heavy (non-hydrogen) atoms. The molecule has 0 bridgehead atoms. The summed E-state index contributed by atoms with van der Waals surface area (Å²) in [7, 11) is 0. The smallest absolute Gasteiger partial charge is 0.296 e. The highest BCUT2D eigenvalue weighted by molar-refractivity contribution is 5.52. The van der Waals surface area contributed by atoms with Crippen LogP contribution in [-0.4, -0.2) is 19.9 Å². The molecule has 0 amide bonds. The zero-order chi connectivity index (χ0) is 11.7. The van der Waals surface area contributed by atoms with Crippen molar-refractivity contribution in [2.45, 2.75) is 0 Å². The number of aromatic nitrogens is 4. The van der Waals surface area contributed by atoms with Crippen molar-refractivity contribution in [2.24, 2.45) is 0 Å². The highest BCUT2D eigenvalue weighted by atomic mass is 16.5. The minimum Gasteiger partial charge on any atom is -0.296 e. The molecule has 6 nitrogen and oxygen atoms in total. The van der Waals surface area contributed by atoms with Crippen LogP contribution in [0.15, 0.2) is 52.0 Å². The third-order valence-corrected chi connectivity index (χ3v) is 2.32. The van der Waals surface area contributed by atoms with Crippen LogP contribution in [-0.2, 0) is 0 Å². The van der Waals surface area contributed by atoms with Gasteiger partial charge in [0, 0.05) is 6.20 Å². The second-order valence-corrected chi connectivity index (χ2v) is 3.45. The zero-order valence-electron chi connectivity index (χ0n) is 8.70. The summed E-state index contributed by atoms with van der Waals surface area (Å²) in [6, 6.07) is 9.65. The third-order valence-electron chi connectivity index (χ3n) is 2.32. The van der Waals surface area contributed by atoms with Crippen molar-refractivity contribution in [3.8, 4) is 17.1 Å². The maximum Gasteiger partial charge on any atom is 0.439 e. The monoisotopic (exact) mass is 228 g/mol. The topological polar surface area (TPSA) is 76.7 Å². The van der Waals surface area contributed by atoms with E-state index in [1.807, 2.05) is 30.3 Å². The van der Waals surface area contributed by atoms with Crippen molar-refractivity contribution in [2.75, 3.05) is 0 Å². The van der Waals surface area contributed by atoms with Gasteiger partial charge in [0.25, 0.3) is 0 Å². The van der Waals surface area contributed by atoms with Gasteiger partial charge in [-0.1, -0.05) is 23.4 Å². The number of para-hydroxylation sites is 1. The van der Waals surface area contributed by atoms with E-state index < -0.39 is 5.76 Å². The number of rotatable bonds is 2. The fourth-order valence-electron chi connectivity index (χ4n) is 1.52. The largest absolute Gasteiger partial charge is 0.439 e. The standard InChI is InChI=1S/C11H8N4O2/c16-11-13-10(14-17-11)8-6-12-15(7-8)9-4-2-1-3-5-9/h1-7H,(H,13,14,16). The van der Waals surface area contributed by atoms with Crippen molar-refractivity contribution in [3.63, 3.8) is 0 Å². The normalized spacial score (nSPS) is 10.6. The molecule has 0 atom stereocenters. The summed E-state index contributed by atoms with van der Waals surface area (Å²) in [5, 5.41) is 7.78. The fraction of sp³-hybridized carbons (Fsp3) is 0. The Morgan fingerprint density at radius 1 is 1.24 bits per heavy atom. The van der Waals surface area contributed by atoms with Gasteiger partial charge in [0.1, 0.15) is 0 Å². The Hall–Kier alpha value is -2.63. The van der Waals surface area contributed by atoms with Crippen LogP contribution in [0.2, 0.25) is 0 Å². The lowest BCUT2D eigenvalue weighted by Gasteiger charge is -1.98. The highest BCUT2D eigenvalue weighted by Gasteiger charge is 2.07. The summed E-state index contributed by atoms with van der Waals surface area (Å²) in [5.74, 6) is -0.204. The zero-order valence-corrected chi connectivity index (χ0v) is 8.70. The molecule has 0 aliphatic heterocycles. The lowest BCUT2D eigenvalue weighted by Crippen LogP contribution is -1.94. The summed E-state index contributed by atoms with van der Waals surface area (Å²) in [4.78, 5) is 13.3. The van der Waals surface area contributed by atoms with E-state index in [2.05, 4.69) is 19.8 Å². The average molecular weight is 228 g/mol. The van der Waals surface area contributed by atoms with Crippen LogP contribution in [0.1, 0.15) is 0 Å². The number of nitrogens with one attached hydrogen (secondary N) is 1. The van der Waals surface area contributed by atoms with Gasteiger partial charge in [-0.15, -0.1) is 0 Å². The van der Waals surface area contributed by atoms with E-state index >= 15 is 0 Å². The summed E-state index contributed by atoms with van der Waals surface area (Å²) < 4.78 is 6.13. The van der Waals surface area contributed by atoms with Crippen LogP contribution in [0.3, 0.4) is 0 Å². The first-order valence-electron chi connectivity index (χ1n) is 4.99. The first-order valence-corrected chi connectivity index (χ1v) is 4.99. The first kappa shape index (κ1) is 9.59. The number of hydrogen-bond acceptors (Lipinski definition) is 4. The predicted octanol–water partition coefficient (Wildman–Crippen LogP) is 1.22. The molecule has 6 heteroatoms. The van der Waals surface area contributed by atoms with E-state index in [9.17, 15) is 4.79 Å². The summed E-state index contributed by atoms with van der Waals surface area (Å²) >= 11 is 0. The lowest BCUT2D eigenvalue weighted by molar-refractivity contribution is 0.388. The van der Waals surface area contributed by atoms with E-state index in [1.165, 1.54) is 0 Å². The Bertz CT molecular complexity index is 681. The van der Waals surface area contributed by atoms with E-state index in [0.29, 0.717) is 11.4 Å². The molecule has 0 aliphatic carbocycles. The number of nitrogens with zero attached hydrogens (tertiary/aromatic N) is 3. The van der Waals surface area contributed by atoms with Gasteiger partial charge in [-0.2, -0.15) is 5.10 Å². The van der Waals surface area contributed by atoms with Crippen LogP contribution >= 0.6 is 0 Å². The second kappa shape index (κ2) is 3.75. The molecule has 3 aromatic rings. The molecular weight excluding hydrogens is 220 g/mol. The SMILES string of the molecule is O=c1[nH]c(-c2cnn(-c3ccccc3)c2)no1. The maximum atomic E-state index is 10.8. The van der Waals surface area contributed by atoms with Crippen LogP contribution in [0.5, 0.6) is 0 Å². The van der Waals surface area contributed by atoms with Crippen LogP contribution in [0.4, 0.5) is 0 Å². The van der Waals surface area contributed by atoms with E-state index in [4.69, 9.17) is 0 Å². The van der Waals surface area contributed by atoms with Gasteiger partial charge in [-0.25, -0.2) is 9.48 Å². The Morgan fingerprint density at radius 2 is 2.06 bits per heavy atom. The van der Waals surface area contributed by atoms with Crippen LogP contribution in [0, 0.1) is 0 Å². The fourth-order valence-corrected chi connectivity index (χ4v) is 1.52. The van der Waals surface area contributed by atoms with Crippen molar-refractivity contribution in [1.29, 1.82) is 0 Å². The second-order valence-electron chi connectivity index (χ2n) is 3.45. The maximum absolute atomic E-state index is 10.8. The number of benzene rings is 1. The molecule has 0 spiro atoms. The molecule has 2 heterocycles. The van der Waals surface area contributed by atoms with Gasteiger partial charge >= 0.3 is 5.76 Å². The van der Waals surface area contributed by atoms with Crippen LogP contribution < -0.4 is 5.76 Å². The Kier molecular flexibility index (Phi) is 2.11. The molecule has 0 saturated heterocycles. The molecule has 0 saturated carbocycles. The minimum absolute atomic E-state index is 0.372. The number of H-pyrrole nitrogens is 1. The summed E-state index contributed by atoms with van der Waals surface area (Å²) in [5.41, 5.74) is 1.63. The summed E-state index contributed by atoms with van der Waals surface area (Å²) in [6.45, 7) is 0. The molecule has 1 aromatic carbocycles. The Labute approximate surface area is 95.5 Å². The molecule has 0 aliphatic rings.